The summed E-state index contributed by atoms with van der Waals surface area (Å²) in [6.45, 7) is 2.37. The fourth-order valence-corrected chi connectivity index (χ4v) is 4.26. The predicted molar refractivity (Wildman–Crippen MR) is 115 cm³/mol. The van der Waals surface area contributed by atoms with Crippen molar-refractivity contribution in [1.82, 2.24) is 19.5 Å². The molecule has 1 amide bonds. The van der Waals surface area contributed by atoms with Gasteiger partial charge in [-0.2, -0.15) is 0 Å². The largest absolute Gasteiger partial charge is 0.321 e. The van der Waals surface area contributed by atoms with E-state index in [-0.39, 0.29) is 5.91 Å². The molecule has 148 valence electrons. The van der Waals surface area contributed by atoms with Crippen LogP contribution in [0.3, 0.4) is 0 Å². The average molecular weight is 417 g/mol. The maximum Gasteiger partial charge on any atom is 0.272 e. The molecule has 0 unspecified atom stereocenters. The maximum absolute atomic E-state index is 13.7. The fourth-order valence-electron chi connectivity index (χ4n) is 3.45. The highest BCUT2D eigenvalue weighted by Crippen LogP contribution is 2.26. The van der Waals surface area contributed by atoms with Crippen molar-refractivity contribution in [3.05, 3.63) is 83.1 Å². The molecule has 0 atom stereocenters. The van der Waals surface area contributed by atoms with Crippen molar-refractivity contribution in [1.29, 1.82) is 0 Å². The summed E-state index contributed by atoms with van der Waals surface area (Å²) < 4.78 is 16.6. The Bertz CT molecular complexity index is 1390. The SMILES string of the molecule is Cc1nc2cc(NC(=O)c3cc4cc(F)cnc4n3Cc3ccncc3)ccc2s1. The lowest BCUT2D eigenvalue weighted by atomic mass is 10.2. The molecule has 0 radical (unpaired) electrons. The molecule has 0 fully saturated rings. The van der Waals surface area contributed by atoms with Crippen LogP contribution >= 0.6 is 11.3 Å². The van der Waals surface area contributed by atoms with E-state index < -0.39 is 5.82 Å². The highest BCUT2D eigenvalue weighted by Gasteiger charge is 2.18. The van der Waals surface area contributed by atoms with Gasteiger partial charge in [0.05, 0.1) is 21.4 Å². The van der Waals surface area contributed by atoms with E-state index >= 15 is 0 Å². The number of rotatable bonds is 4. The molecule has 6 nitrogen and oxygen atoms in total. The molecule has 4 aromatic heterocycles. The number of hydrogen-bond donors (Lipinski definition) is 1. The van der Waals surface area contributed by atoms with Gasteiger partial charge in [0.2, 0.25) is 0 Å². The summed E-state index contributed by atoms with van der Waals surface area (Å²) in [5.74, 6) is -0.742. The Hall–Kier alpha value is -3.65. The van der Waals surface area contributed by atoms with Crippen LogP contribution in [0.15, 0.2) is 61.1 Å². The van der Waals surface area contributed by atoms with Gasteiger partial charge < -0.3 is 9.88 Å². The van der Waals surface area contributed by atoms with E-state index in [0.29, 0.717) is 29.0 Å². The normalized spacial score (nSPS) is 11.3. The van der Waals surface area contributed by atoms with Crippen LogP contribution in [-0.2, 0) is 6.54 Å². The van der Waals surface area contributed by atoms with E-state index in [2.05, 4.69) is 20.3 Å². The number of benzene rings is 1. The van der Waals surface area contributed by atoms with Gasteiger partial charge in [-0.15, -0.1) is 11.3 Å². The molecule has 8 heteroatoms. The van der Waals surface area contributed by atoms with Crippen LogP contribution in [0.5, 0.6) is 0 Å². The molecule has 0 saturated heterocycles. The Morgan fingerprint density at radius 1 is 1.17 bits per heavy atom. The zero-order valence-electron chi connectivity index (χ0n) is 16.0. The van der Waals surface area contributed by atoms with Gasteiger partial charge in [0, 0.05) is 30.0 Å². The van der Waals surface area contributed by atoms with Gasteiger partial charge in [-0.25, -0.2) is 14.4 Å². The highest BCUT2D eigenvalue weighted by atomic mass is 32.1. The van der Waals surface area contributed by atoms with Crippen LogP contribution < -0.4 is 5.32 Å². The first kappa shape index (κ1) is 18.4. The number of hydrogen-bond acceptors (Lipinski definition) is 5. The zero-order chi connectivity index (χ0) is 20.7. The number of anilines is 1. The second-order valence-corrected chi connectivity index (χ2v) is 8.14. The summed E-state index contributed by atoms with van der Waals surface area (Å²) >= 11 is 1.61. The lowest BCUT2D eigenvalue weighted by molar-refractivity contribution is 0.101. The molecule has 0 saturated carbocycles. The van der Waals surface area contributed by atoms with Gasteiger partial charge >= 0.3 is 0 Å². The standard InChI is InChI=1S/C22H16FN5OS/c1-13-26-18-10-17(2-3-20(18)30-13)27-22(29)19-9-15-8-16(23)11-25-21(15)28(19)12-14-4-6-24-7-5-14/h2-11H,12H2,1H3,(H,27,29). The number of carbonyl (C=O) groups excluding carboxylic acids is 1. The Labute approximate surface area is 175 Å². The van der Waals surface area contributed by atoms with E-state index in [1.165, 1.54) is 6.07 Å². The van der Waals surface area contributed by atoms with Crippen molar-refractivity contribution in [2.24, 2.45) is 0 Å². The number of nitrogens with one attached hydrogen (secondary N) is 1. The second-order valence-electron chi connectivity index (χ2n) is 6.91. The monoisotopic (exact) mass is 417 g/mol. The number of halogens is 1. The van der Waals surface area contributed by atoms with Crippen molar-refractivity contribution >= 4 is 44.2 Å². The number of pyridine rings is 2. The minimum absolute atomic E-state index is 0.297. The maximum atomic E-state index is 13.7. The van der Waals surface area contributed by atoms with Crippen LogP contribution in [0.1, 0.15) is 21.1 Å². The lowest BCUT2D eigenvalue weighted by Gasteiger charge is -2.11. The Morgan fingerprint density at radius 2 is 2.00 bits per heavy atom. The fraction of sp³-hybridized carbons (Fsp3) is 0.0909. The number of thiazole rings is 1. The molecule has 0 aliphatic carbocycles. The number of nitrogens with zero attached hydrogens (tertiary/aromatic N) is 4. The number of amides is 1. The van der Waals surface area contributed by atoms with Gasteiger partial charge in [0.15, 0.2) is 0 Å². The summed E-state index contributed by atoms with van der Waals surface area (Å²) in [7, 11) is 0. The van der Waals surface area contributed by atoms with Crippen molar-refractivity contribution in [3.8, 4) is 0 Å². The highest BCUT2D eigenvalue weighted by molar-refractivity contribution is 7.18. The Balaban J connectivity index is 1.54. The first-order valence-electron chi connectivity index (χ1n) is 9.29. The van der Waals surface area contributed by atoms with Crippen molar-refractivity contribution in [2.45, 2.75) is 13.5 Å². The quantitative estimate of drug-likeness (QED) is 0.456. The van der Waals surface area contributed by atoms with Crippen LogP contribution in [-0.4, -0.2) is 25.4 Å². The molecule has 0 aliphatic heterocycles. The molecule has 1 aromatic carbocycles. The molecule has 0 aliphatic rings. The topological polar surface area (TPSA) is 72.7 Å². The first-order valence-corrected chi connectivity index (χ1v) is 10.1. The van der Waals surface area contributed by atoms with E-state index in [9.17, 15) is 9.18 Å². The molecule has 1 N–H and O–H groups in total. The lowest BCUT2D eigenvalue weighted by Crippen LogP contribution is -2.17. The van der Waals surface area contributed by atoms with Gasteiger partial charge in [-0.05, 0) is 55.0 Å². The minimum Gasteiger partial charge on any atom is -0.321 e. The van der Waals surface area contributed by atoms with Crippen LogP contribution in [0.25, 0.3) is 21.3 Å². The van der Waals surface area contributed by atoms with Crippen molar-refractivity contribution in [3.63, 3.8) is 0 Å². The number of aryl methyl sites for hydroxylation is 1. The van der Waals surface area contributed by atoms with Crippen molar-refractivity contribution in [2.75, 3.05) is 5.32 Å². The van der Waals surface area contributed by atoms with E-state index in [4.69, 9.17) is 0 Å². The Kier molecular flexibility index (Phi) is 4.48. The number of carbonyl (C=O) groups is 1. The summed E-state index contributed by atoms with van der Waals surface area (Å²) in [5.41, 5.74) is 3.40. The van der Waals surface area contributed by atoms with Crippen molar-refractivity contribution < 1.29 is 9.18 Å². The van der Waals surface area contributed by atoms with E-state index in [1.807, 2.05) is 37.3 Å². The molecular weight excluding hydrogens is 401 g/mol. The van der Waals surface area contributed by atoms with Crippen LogP contribution in [0.4, 0.5) is 10.1 Å². The summed E-state index contributed by atoms with van der Waals surface area (Å²) in [4.78, 5) is 25.9. The zero-order valence-corrected chi connectivity index (χ0v) is 16.8. The number of aromatic nitrogens is 4. The van der Waals surface area contributed by atoms with Crippen LogP contribution in [0.2, 0.25) is 0 Å². The van der Waals surface area contributed by atoms with Gasteiger partial charge in [0.25, 0.3) is 5.91 Å². The summed E-state index contributed by atoms with van der Waals surface area (Å²) in [6.07, 6.45) is 4.55. The van der Waals surface area contributed by atoms with E-state index in [1.54, 1.807) is 34.4 Å². The third-order valence-corrected chi connectivity index (χ3v) is 5.73. The van der Waals surface area contributed by atoms with E-state index in [0.717, 1.165) is 27.0 Å². The number of fused-ring (bicyclic) bond motifs is 2. The average Bonchev–Trinajstić information content (AvgIpc) is 3.27. The molecule has 0 bridgehead atoms. The Morgan fingerprint density at radius 3 is 2.83 bits per heavy atom. The molecule has 5 rings (SSSR count). The molecule has 0 spiro atoms. The first-order chi connectivity index (χ1) is 14.6. The molecule has 5 aromatic rings. The third-order valence-electron chi connectivity index (χ3n) is 4.78. The predicted octanol–water partition coefficient (Wildman–Crippen LogP) is 4.79. The summed E-state index contributed by atoms with van der Waals surface area (Å²) in [5, 5.41) is 4.47. The molecule has 30 heavy (non-hydrogen) atoms. The smallest absolute Gasteiger partial charge is 0.272 e. The van der Waals surface area contributed by atoms with Crippen LogP contribution in [0, 0.1) is 12.7 Å². The third kappa shape index (κ3) is 3.42. The minimum atomic E-state index is -0.445. The second kappa shape index (κ2) is 7.31. The summed E-state index contributed by atoms with van der Waals surface area (Å²) in [6, 6.07) is 12.4. The van der Waals surface area contributed by atoms with Gasteiger partial charge in [-0.3, -0.25) is 9.78 Å². The van der Waals surface area contributed by atoms with Gasteiger partial charge in [0.1, 0.15) is 17.2 Å². The molecular formula is C22H16FN5OS. The van der Waals surface area contributed by atoms with Gasteiger partial charge in [-0.1, -0.05) is 0 Å². The molecule has 4 heterocycles.